The molecule has 0 N–H and O–H groups in total. The number of nitrogens with zero attached hydrogens (tertiary/aromatic N) is 3. The average Bonchev–Trinajstić information content (AvgIpc) is 2.60. The first kappa shape index (κ1) is 17.3. The van der Waals surface area contributed by atoms with Crippen LogP contribution in [0.1, 0.15) is 16.8 Å². The normalized spacial score (nSPS) is 10.3. The Morgan fingerprint density at radius 3 is 2.76 bits per heavy atom. The maximum atomic E-state index is 8.97. The number of thioether (sulfide) groups is 1. The van der Waals surface area contributed by atoms with Crippen LogP contribution in [-0.2, 0) is 5.75 Å². The first-order chi connectivity index (χ1) is 12.1. The molecule has 0 radical (unpaired) electrons. The molecule has 1 heterocycles. The van der Waals surface area contributed by atoms with E-state index in [0.717, 1.165) is 11.3 Å². The third kappa shape index (κ3) is 4.96. The first-order valence-corrected chi connectivity index (χ1v) is 8.90. The third-order valence-electron chi connectivity index (χ3n) is 3.25. The molecule has 0 atom stereocenters. The second-order valence-electron chi connectivity index (χ2n) is 5.29. The summed E-state index contributed by atoms with van der Waals surface area (Å²) < 4.78 is 5.78. The highest BCUT2D eigenvalue weighted by Gasteiger charge is 2.07. The van der Waals surface area contributed by atoms with Crippen molar-refractivity contribution in [3.05, 3.63) is 76.4 Å². The fraction of sp³-hybridized carbons (Fsp3) is 0.105. The van der Waals surface area contributed by atoms with Gasteiger partial charge in [0.15, 0.2) is 5.16 Å². The summed E-state index contributed by atoms with van der Waals surface area (Å²) in [6.45, 7) is 1.90. The van der Waals surface area contributed by atoms with E-state index < -0.39 is 0 Å². The van der Waals surface area contributed by atoms with Gasteiger partial charge in [-0.25, -0.2) is 4.98 Å². The van der Waals surface area contributed by atoms with Crippen LogP contribution in [0.4, 0.5) is 0 Å². The van der Waals surface area contributed by atoms with Gasteiger partial charge in [0.05, 0.1) is 11.6 Å². The van der Waals surface area contributed by atoms with Crippen LogP contribution in [0.15, 0.2) is 59.8 Å². The zero-order valence-corrected chi connectivity index (χ0v) is 15.0. The molecule has 0 aliphatic carbocycles. The van der Waals surface area contributed by atoms with E-state index in [0.29, 0.717) is 33.1 Å². The molecule has 0 saturated heterocycles. The van der Waals surface area contributed by atoms with Crippen LogP contribution in [0.25, 0.3) is 0 Å². The Bertz CT molecular complexity index is 940. The molecule has 0 fully saturated rings. The molecule has 0 aliphatic rings. The molecule has 6 heteroatoms. The van der Waals surface area contributed by atoms with Gasteiger partial charge in [0.1, 0.15) is 5.75 Å². The smallest absolute Gasteiger partial charge is 0.223 e. The van der Waals surface area contributed by atoms with E-state index in [2.05, 4.69) is 16.0 Å². The Kier molecular flexibility index (Phi) is 5.54. The minimum atomic E-state index is 0.475. The molecule has 0 unspecified atom stereocenters. The Morgan fingerprint density at radius 2 is 1.96 bits per heavy atom. The lowest BCUT2D eigenvalue weighted by Gasteiger charge is -2.08. The van der Waals surface area contributed by atoms with Crippen molar-refractivity contribution in [3.63, 3.8) is 0 Å². The number of rotatable bonds is 5. The Hall–Kier alpha value is -2.55. The van der Waals surface area contributed by atoms with Gasteiger partial charge in [-0.3, -0.25) is 0 Å². The minimum absolute atomic E-state index is 0.475. The van der Waals surface area contributed by atoms with E-state index in [-0.39, 0.29) is 0 Å². The monoisotopic (exact) mass is 367 g/mol. The summed E-state index contributed by atoms with van der Waals surface area (Å²) in [6.07, 6.45) is 0. The molecule has 124 valence electrons. The van der Waals surface area contributed by atoms with Crippen LogP contribution in [0.2, 0.25) is 5.02 Å². The van der Waals surface area contributed by atoms with E-state index in [1.54, 1.807) is 24.3 Å². The van der Waals surface area contributed by atoms with Crippen molar-refractivity contribution < 1.29 is 4.74 Å². The van der Waals surface area contributed by atoms with E-state index in [4.69, 9.17) is 21.6 Å². The lowest BCUT2D eigenvalue weighted by Crippen LogP contribution is -1.95. The zero-order valence-electron chi connectivity index (χ0n) is 13.4. The molecule has 0 saturated carbocycles. The number of ether oxygens (including phenoxy) is 1. The van der Waals surface area contributed by atoms with E-state index >= 15 is 0 Å². The van der Waals surface area contributed by atoms with Crippen LogP contribution in [0.5, 0.6) is 11.6 Å². The molecule has 3 rings (SSSR count). The highest BCUT2D eigenvalue weighted by atomic mass is 35.5. The summed E-state index contributed by atoms with van der Waals surface area (Å²) >= 11 is 7.47. The third-order valence-corrected chi connectivity index (χ3v) is 4.41. The first-order valence-electron chi connectivity index (χ1n) is 7.53. The quantitative estimate of drug-likeness (QED) is 0.446. The van der Waals surface area contributed by atoms with Gasteiger partial charge in [-0.15, -0.1) is 0 Å². The number of nitriles is 1. The number of aryl methyl sites for hydroxylation is 1. The molecule has 0 spiro atoms. The van der Waals surface area contributed by atoms with Crippen LogP contribution in [-0.4, -0.2) is 9.97 Å². The molecule has 0 amide bonds. The van der Waals surface area contributed by atoms with Crippen LogP contribution >= 0.6 is 23.4 Å². The summed E-state index contributed by atoms with van der Waals surface area (Å²) in [6, 6.07) is 18.6. The van der Waals surface area contributed by atoms with Crippen LogP contribution < -0.4 is 4.74 Å². The van der Waals surface area contributed by atoms with Crippen molar-refractivity contribution in [2.45, 2.75) is 17.8 Å². The molecule has 3 aromatic rings. The van der Waals surface area contributed by atoms with Gasteiger partial charge in [0.2, 0.25) is 5.88 Å². The van der Waals surface area contributed by atoms with Crippen molar-refractivity contribution >= 4 is 23.4 Å². The summed E-state index contributed by atoms with van der Waals surface area (Å²) in [5.74, 6) is 1.78. The summed E-state index contributed by atoms with van der Waals surface area (Å²) in [4.78, 5) is 8.87. The molecule has 0 aliphatic heterocycles. The lowest BCUT2D eigenvalue weighted by atomic mass is 10.2. The van der Waals surface area contributed by atoms with Crippen molar-refractivity contribution in [2.24, 2.45) is 0 Å². The summed E-state index contributed by atoms with van der Waals surface area (Å²) in [5, 5.41) is 10.2. The maximum absolute atomic E-state index is 8.97. The van der Waals surface area contributed by atoms with Gasteiger partial charge in [-0.1, -0.05) is 41.6 Å². The average molecular weight is 368 g/mol. The Labute approximate surface area is 155 Å². The SMILES string of the molecule is Cc1cc(Oc2cccc(Cl)c2)nc(SCc2cccc(C#N)c2)n1. The highest BCUT2D eigenvalue weighted by molar-refractivity contribution is 7.98. The number of aromatic nitrogens is 2. The Balaban J connectivity index is 1.74. The maximum Gasteiger partial charge on any atom is 0.223 e. The standard InChI is InChI=1S/C19H14ClN3OS/c1-13-8-18(24-17-7-3-6-16(20)10-17)23-19(22-13)25-12-15-5-2-4-14(9-15)11-21/h2-10H,12H2,1H3. The van der Waals surface area contributed by atoms with E-state index in [9.17, 15) is 0 Å². The number of halogens is 1. The number of hydrogen-bond donors (Lipinski definition) is 0. The van der Waals surface area contributed by atoms with E-state index in [1.807, 2.05) is 37.3 Å². The minimum Gasteiger partial charge on any atom is -0.439 e. The topological polar surface area (TPSA) is 58.8 Å². The summed E-state index contributed by atoms with van der Waals surface area (Å²) in [5.41, 5.74) is 2.51. The Morgan fingerprint density at radius 1 is 1.12 bits per heavy atom. The van der Waals surface area contributed by atoms with Gasteiger partial charge in [-0.2, -0.15) is 10.2 Å². The summed E-state index contributed by atoms with van der Waals surface area (Å²) in [7, 11) is 0. The molecule has 25 heavy (non-hydrogen) atoms. The van der Waals surface area contributed by atoms with Crippen molar-refractivity contribution in [3.8, 4) is 17.7 Å². The van der Waals surface area contributed by atoms with Crippen LogP contribution in [0, 0.1) is 18.3 Å². The fourth-order valence-electron chi connectivity index (χ4n) is 2.16. The number of benzene rings is 2. The molecule has 2 aromatic carbocycles. The molecule has 4 nitrogen and oxygen atoms in total. The fourth-order valence-corrected chi connectivity index (χ4v) is 3.18. The van der Waals surface area contributed by atoms with Gasteiger partial charge in [-0.05, 0) is 42.8 Å². The number of hydrogen-bond acceptors (Lipinski definition) is 5. The van der Waals surface area contributed by atoms with Crippen molar-refractivity contribution in [1.82, 2.24) is 9.97 Å². The molecule has 0 bridgehead atoms. The highest BCUT2D eigenvalue weighted by Crippen LogP contribution is 2.26. The van der Waals surface area contributed by atoms with Gasteiger partial charge >= 0.3 is 0 Å². The van der Waals surface area contributed by atoms with Gasteiger partial charge in [0.25, 0.3) is 0 Å². The zero-order chi connectivity index (χ0) is 17.6. The second-order valence-corrected chi connectivity index (χ2v) is 6.67. The molecular weight excluding hydrogens is 354 g/mol. The lowest BCUT2D eigenvalue weighted by molar-refractivity contribution is 0.454. The van der Waals surface area contributed by atoms with Crippen LogP contribution in [0.3, 0.4) is 0 Å². The second kappa shape index (κ2) is 8.02. The van der Waals surface area contributed by atoms with Gasteiger partial charge < -0.3 is 4.74 Å². The van der Waals surface area contributed by atoms with Crippen molar-refractivity contribution in [2.75, 3.05) is 0 Å². The molecule has 1 aromatic heterocycles. The van der Waals surface area contributed by atoms with Gasteiger partial charge in [0, 0.05) is 22.5 Å². The van der Waals surface area contributed by atoms with E-state index in [1.165, 1.54) is 11.8 Å². The van der Waals surface area contributed by atoms with Crippen molar-refractivity contribution in [1.29, 1.82) is 5.26 Å². The predicted octanol–water partition coefficient (Wildman–Crippen LogP) is 5.39. The molecular formula is C19H14ClN3OS. The predicted molar refractivity (Wildman–Crippen MR) is 99.0 cm³/mol. The largest absolute Gasteiger partial charge is 0.439 e.